The predicted octanol–water partition coefficient (Wildman–Crippen LogP) is 2.92. The molecule has 1 fully saturated rings. The van der Waals surface area contributed by atoms with E-state index in [1.165, 1.54) is 11.1 Å². The summed E-state index contributed by atoms with van der Waals surface area (Å²) in [5.41, 5.74) is 7.90. The molecule has 1 aromatic rings. The number of alkyl halides is 1. The van der Waals surface area contributed by atoms with Gasteiger partial charge >= 0.3 is 0 Å². The average molecular weight is 221 g/mol. The van der Waals surface area contributed by atoms with Crippen molar-refractivity contribution in [1.82, 2.24) is 0 Å². The molecule has 1 atom stereocenters. The quantitative estimate of drug-likeness (QED) is 0.831. The van der Waals surface area contributed by atoms with E-state index in [1.807, 2.05) is 0 Å². The van der Waals surface area contributed by atoms with Crippen LogP contribution in [0.2, 0.25) is 0 Å². The van der Waals surface area contributed by atoms with E-state index in [1.54, 1.807) is 0 Å². The molecule has 0 heterocycles. The molecule has 0 bridgehead atoms. The maximum absolute atomic E-state index is 14.5. The van der Waals surface area contributed by atoms with E-state index in [9.17, 15) is 4.39 Å². The molecule has 1 aromatic carbocycles. The van der Waals surface area contributed by atoms with E-state index >= 15 is 0 Å². The van der Waals surface area contributed by atoms with Crippen LogP contribution in [-0.2, 0) is 6.42 Å². The van der Waals surface area contributed by atoms with Crippen molar-refractivity contribution in [3.63, 3.8) is 0 Å². The minimum absolute atomic E-state index is 0.144. The van der Waals surface area contributed by atoms with Crippen LogP contribution in [0.15, 0.2) is 18.2 Å². The van der Waals surface area contributed by atoms with Crippen LogP contribution < -0.4 is 5.73 Å². The zero-order valence-electron chi connectivity index (χ0n) is 10.1. The second-order valence-electron chi connectivity index (χ2n) is 5.19. The summed E-state index contributed by atoms with van der Waals surface area (Å²) in [6.45, 7) is 4.25. The zero-order chi connectivity index (χ0) is 11.8. The Hall–Kier alpha value is -0.890. The van der Waals surface area contributed by atoms with Gasteiger partial charge < -0.3 is 5.73 Å². The third-order valence-corrected chi connectivity index (χ3v) is 3.43. The monoisotopic (exact) mass is 221 g/mol. The highest BCUT2D eigenvalue weighted by Crippen LogP contribution is 2.43. The number of aryl methyl sites for hydroxylation is 2. The van der Waals surface area contributed by atoms with Crippen molar-refractivity contribution in [1.29, 1.82) is 0 Å². The molecule has 88 valence electrons. The standard InChI is InChI=1S/C14H20FN/c1-10-5-11(2)7-12(6-10)8-14(15,9-16)13-3-4-13/h5-7,13H,3-4,8-9,16H2,1-2H3. The first kappa shape index (κ1) is 11.6. The van der Waals surface area contributed by atoms with E-state index in [2.05, 4.69) is 32.0 Å². The Morgan fingerprint density at radius 3 is 2.25 bits per heavy atom. The predicted molar refractivity (Wildman–Crippen MR) is 65.2 cm³/mol. The Morgan fingerprint density at radius 2 is 1.81 bits per heavy atom. The van der Waals surface area contributed by atoms with Crippen LogP contribution in [0.1, 0.15) is 29.5 Å². The van der Waals surface area contributed by atoms with Crippen molar-refractivity contribution in [2.45, 2.75) is 38.8 Å². The van der Waals surface area contributed by atoms with Crippen molar-refractivity contribution in [3.05, 3.63) is 34.9 Å². The Bertz CT molecular complexity index is 364. The van der Waals surface area contributed by atoms with E-state index in [-0.39, 0.29) is 12.5 Å². The summed E-state index contributed by atoms with van der Waals surface area (Å²) >= 11 is 0. The van der Waals surface area contributed by atoms with Gasteiger partial charge in [-0.15, -0.1) is 0 Å². The summed E-state index contributed by atoms with van der Waals surface area (Å²) < 4.78 is 14.5. The summed E-state index contributed by atoms with van der Waals surface area (Å²) in [5, 5.41) is 0. The molecular formula is C14H20FN. The van der Waals surface area contributed by atoms with Crippen molar-refractivity contribution >= 4 is 0 Å². The van der Waals surface area contributed by atoms with Crippen molar-refractivity contribution in [2.24, 2.45) is 11.7 Å². The molecule has 0 aromatic heterocycles. The van der Waals surface area contributed by atoms with Gasteiger partial charge in [-0.05, 0) is 38.2 Å². The lowest BCUT2D eigenvalue weighted by atomic mass is 9.90. The van der Waals surface area contributed by atoms with Gasteiger partial charge in [-0.3, -0.25) is 0 Å². The molecule has 0 radical (unpaired) electrons. The number of halogens is 1. The first-order chi connectivity index (χ1) is 7.53. The zero-order valence-corrected chi connectivity index (χ0v) is 10.1. The first-order valence-electron chi connectivity index (χ1n) is 6.00. The Balaban J connectivity index is 2.18. The van der Waals surface area contributed by atoms with Gasteiger partial charge in [0.15, 0.2) is 0 Å². The van der Waals surface area contributed by atoms with E-state index in [4.69, 9.17) is 5.73 Å². The second-order valence-corrected chi connectivity index (χ2v) is 5.19. The van der Waals surface area contributed by atoms with Gasteiger partial charge in [0.2, 0.25) is 0 Å². The van der Waals surface area contributed by atoms with Crippen molar-refractivity contribution in [3.8, 4) is 0 Å². The van der Waals surface area contributed by atoms with Crippen LogP contribution >= 0.6 is 0 Å². The summed E-state index contributed by atoms with van der Waals surface area (Å²) in [6.07, 6.45) is 2.47. The van der Waals surface area contributed by atoms with E-state index < -0.39 is 5.67 Å². The van der Waals surface area contributed by atoms with E-state index in [0.717, 1.165) is 18.4 Å². The minimum atomic E-state index is -1.18. The molecule has 1 unspecified atom stereocenters. The molecule has 1 saturated carbocycles. The molecule has 0 aliphatic heterocycles. The number of hydrogen-bond acceptors (Lipinski definition) is 1. The normalized spacial score (nSPS) is 19.5. The van der Waals surface area contributed by atoms with Crippen molar-refractivity contribution < 1.29 is 4.39 Å². The van der Waals surface area contributed by atoms with Gasteiger partial charge in [0.05, 0.1) is 0 Å². The third-order valence-electron chi connectivity index (χ3n) is 3.43. The van der Waals surface area contributed by atoms with Crippen LogP contribution in [-0.4, -0.2) is 12.2 Å². The summed E-state index contributed by atoms with van der Waals surface area (Å²) in [6, 6.07) is 6.25. The Kier molecular flexibility index (Phi) is 3.02. The van der Waals surface area contributed by atoms with Crippen LogP contribution in [0.25, 0.3) is 0 Å². The molecular weight excluding hydrogens is 201 g/mol. The largest absolute Gasteiger partial charge is 0.328 e. The lowest BCUT2D eigenvalue weighted by Gasteiger charge is -2.23. The number of hydrogen-bond donors (Lipinski definition) is 1. The summed E-state index contributed by atoms with van der Waals surface area (Å²) in [7, 11) is 0. The maximum Gasteiger partial charge on any atom is 0.130 e. The topological polar surface area (TPSA) is 26.0 Å². The van der Waals surface area contributed by atoms with Gasteiger partial charge in [-0.25, -0.2) is 4.39 Å². The fourth-order valence-corrected chi connectivity index (χ4v) is 2.49. The number of rotatable bonds is 4. The van der Waals surface area contributed by atoms with Gasteiger partial charge in [0.25, 0.3) is 0 Å². The summed E-state index contributed by atoms with van der Waals surface area (Å²) in [5.74, 6) is 0.193. The highest BCUT2D eigenvalue weighted by Gasteiger charge is 2.44. The van der Waals surface area contributed by atoms with Gasteiger partial charge in [0.1, 0.15) is 5.67 Å². The number of nitrogens with two attached hydrogens (primary N) is 1. The number of benzene rings is 1. The van der Waals surface area contributed by atoms with Gasteiger partial charge in [0, 0.05) is 13.0 Å². The van der Waals surface area contributed by atoms with Gasteiger partial charge in [-0.1, -0.05) is 29.3 Å². The van der Waals surface area contributed by atoms with Crippen LogP contribution in [0.5, 0.6) is 0 Å². The fourth-order valence-electron chi connectivity index (χ4n) is 2.49. The van der Waals surface area contributed by atoms with Crippen LogP contribution in [0.3, 0.4) is 0 Å². The van der Waals surface area contributed by atoms with Crippen LogP contribution in [0, 0.1) is 19.8 Å². The van der Waals surface area contributed by atoms with Crippen molar-refractivity contribution in [2.75, 3.05) is 6.54 Å². The second kappa shape index (κ2) is 4.17. The first-order valence-corrected chi connectivity index (χ1v) is 6.00. The molecule has 2 heteroatoms. The average Bonchev–Trinajstić information content (AvgIpc) is 2.98. The highest BCUT2D eigenvalue weighted by atomic mass is 19.1. The highest BCUT2D eigenvalue weighted by molar-refractivity contribution is 5.30. The molecule has 0 saturated heterocycles. The Labute approximate surface area is 96.9 Å². The molecule has 1 nitrogen and oxygen atoms in total. The van der Waals surface area contributed by atoms with E-state index in [0.29, 0.717) is 6.42 Å². The molecule has 2 N–H and O–H groups in total. The lowest BCUT2D eigenvalue weighted by Crippen LogP contribution is -2.37. The third kappa shape index (κ3) is 2.43. The molecule has 16 heavy (non-hydrogen) atoms. The molecule has 0 amide bonds. The fraction of sp³-hybridized carbons (Fsp3) is 0.571. The minimum Gasteiger partial charge on any atom is -0.328 e. The smallest absolute Gasteiger partial charge is 0.130 e. The molecule has 2 rings (SSSR count). The summed E-state index contributed by atoms with van der Waals surface area (Å²) in [4.78, 5) is 0. The molecule has 1 aliphatic carbocycles. The van der Waals surface area contributed by atoms with Crippen LogP contribution in [0.4, 0.5) is 4.39 Å². The van der Waals surface area contributed by atoms with Gasteiger partial charge in [-0.2, -0.15) is 0 Å². The molecule has 0 spiro atoms. The lowest BCUT2D eigenvalue weighted by molar-refractivity contribution is 0.142. The molecule has 1 aliphatic rings. The maximum atomic E-state index is 14.5. The Morgan fingerprint density at radius 1 is 1.25 bits per heavy atom. The SMILES string of the molecule is Cc1cc(C)cc(CC(F)(CN)C2CC2)c1.